The molecule has 0 aromatic heterocycles. The van der Waals surface area contributed by atoms with E-state index in [1.165, 1.54) is 0 Å². The molecule has 1 aliphatic heterocycles. The Morgan fingerprint density at radius 2 is 1.71 bits per heavy atom. The lowest BCUT2D eigenvalue weighted by atomic mass is 9.88. The van der Waals surface area contributed by atoms with Gasteiger partial charge in [-0.15, -0.1) is 0 Å². The average molecular weight is 435 g/mol. The van der Waals surface area contributed by atoms with Crippen molar-refractivity contribution in [3.8, 4) is 0 Å². The van der Waals surface area contributed by atoms with Gasteiger partial charge in [0, 0.05) is 0 Å². The lowest BCUT2D eigenvalue weighted by molar-refractivity contribution is -0.160. The lowest BCUT2D eigenvalue weighted by Gasteiger charge is -2.26. The topological polar surface area (TPSA) is 117 Å². The van der Waals surface area contributed by atoms with E-state index in [0.29, 0.717) is 0 Å². The van der Waals surface area contributed by atoms with Gasteiger partial charge in [-0.25, -0.2) is 4.79 Å². The van der Waals surface area contributed by atoms with E-state index in [9.17, 15) is 19.2 Å². The molecule has 1 aromatic rings. The van der Waals surface area contributed by atoms with Crippen molar-refractivity contribution < 1.29 is 38.1 Å². The molecule has 2 rings (SSSR count). The molecule has 1 fully saturated rings. The predicted molar refractivity (Wildman–Crippen MR) is 109 cm³/mol. The van der Waals surface area contributed by atoms with Gasteiger partial charge in [-0.3, -0.25) is 14.4 Å². The Morgan fingerprint density at radius 1 is 1.10 bits per heavy atom. The van der Waals surface area contributed by atoms with Crippen LogP contribution in [0.3, 0.4) is 0 Å². The number of hydrogen-bond acceptors (Lipinski definition) is 8. The zero-order valence-electron chi connectivity index (χ0n) is 18.2. The molecule has 0 radical (unpaired) electrons. The maximum Gasteiger partial charge on any atom is 0.407 e. The molecule has 0 aliphatic carbocycles. The van der Waals surface area contributed by atoms with Gasteiger partial charge in [-0.05, 0) is 24.3 Å². The average Bonchev–Trinajstić information content (AvgIpc) is 3.13. The molecule has 0 saturated carbocycles. The molecule has 1 amide bonds. The van der Waals surface area contributed by atoms with Crippen LogP contribution in [0.2, 0.25) is 0 Å². The largest absolute Gasteiger partial charge is 0.468 e. The van der Waals surface area contributed by atoms with Crippen molar-refractivity contribution in [2.24, 2.45) is 17.8 Å². The number of ether oxygens (including phenoxy) is 4. The fourth-order valence-corrected chi connectivity index (χ4v) is 3.53. The second-order valence-corrected chi connectivity index (χ2v) is 7.72. The van der Waals surface area contributed by atoms with E-state index in [2.05, 4.69) is 14.8 Å². The van der Waals surface area contributed by atoms with Crippen LogP contribution >= 0.6 is 0 Å². The first-order valence-corrected chi connectivity index (χ1v) is 10.1. The zero-order valence-corrected chi connectivity index (χ0v) is 18.2. The molecule has 1 saturated heterocycles. The Labute approximate surface area is 181 Å². The second-order valence-electron chi connectivity index (χ2n) is 7.72. The van der Waals surface area contributed by atoms with E-state index in [4.69, 9.17) is 9.47 Å². The van der Waals surface area contributed by atoms with Crippen LogP contribution in [-0.4, -0.2) is 50.4 Å². The van der Waals surface area contributed by atoms with Crippen LogP contribution in [0.5, 0.6) is 0 Å². The molecule has 1 heterocycles. The molecule has 170 valence electrons. The van der Waals surface area contributed by atoms with E-state index >= 15 is 0 Å². The van der Waals surface area contributed by atoms with Gasteiger partial charge >= 0.3 is 24.0 Å². The van der Waals surface area contributed by atoms with Crippen molar-refractivity contribution >= 4 is 24.0 Å². The van der Waals surface area contributed by atoms with E-state index in [1.54, 1.807) is 0 Å². The lowest BCUT2D eigenvalue weighted by Crippen LogP contribution is -2.46. The number of hydrogen-bond donors (Lipinski definition) is 1. The molecule has 1 aromatic carbocycles. The highest BCUT2D eigenvalue weighted by Gasteiger charge is 2.44. The summed E-state index contributed by atoms with van der Waals surface area (Å²) < 4.78 is 20.0. The van der Waals surface area contributed by atoms with Gasteiger partial charge in [-0.1, -0.05) is 44.2 Å². The minimum Gasteiger partial charge on any atom is -0.468 e. The summed E-state index contributed by atoms with van der Waals surface area (Å²) in [4.78, 5) is 48.5. The molecule has 0 unspecified atom stereocenters. The summed E-state index contributed by atoms with van der Waals surface area (Å²) in [6.45, 7) is 3.88. The first-order valence-electron chi connectivity index (χ1n) is 10.1. The Hall–Kier alpha value is -3.10. The Bertz CT molecular complexity index is 763. The van der Waals surface area contributed by atoms with Crippen LogP contribution in [-0.2, 0) is 39.9 Å². The molecule has 9 heteroatoms. The Kier molecular flexibility index (Phi) is 8.84. The smallest absolute Gasteiger partial charge is 0.407 e. The first-order chi connectivity index (χ1) is 14.8. The molecule has 0 bridgehead atoms. The van der Waals surface area contributed by atoms with Crippen molar-refractivity contribution in [1.29, 1.82) is 0 Å². The van der Waals surface area contributed by atoms with Gasteiger partial charge < -0.3 is 24.3 Å². The molecular formula is C22H29NO8. The normalized spacial score (nSPS) is 19.0. The maximum absolute atomic E-state index is 12.4. The number of alkyl carbamates (subject to hydrolysis) is 1. The number of rotatable bonds is 9. The van der Waals surface area contributed by atoms with E-state index in [-0.39, 0.29) is 25.4 Å². The van der Waals surface area contributed by atoms with Crippen molar-refractivity contribution in [1.82, 2.24) is 5.32 Å². The van der Waals surface area contributed by atoms with Gasteiger partial charge in [-0.2, -0.15) is 0 Å². The molecule has 1 aliphatic rings. The third-order valence-corrected chi connectivity index (χ3v) is 5.23. The number of carbonyl (C=O) groups excluding carboxylic acids is 4. The number of cyclic esters (lactones) is 1. The van der Waals surface area contributed by atoms with Gasteiger partial charge in [0.05, 0.1) is 26.2 Å². The predicted octanol–water partition coefficient (Wildman–Crippen LogP) is 2.22. The highest BCUT2D eigenvalue weighted by atomic mass is 16.6. The monoisotopic (exact) mass is 435 g/mol. The van der Waals surface area contributed by atoms with Crippen molar-refractivity contribution in [3.63, 3.8) is 0 Å². The van der Waals surface area contributed by atoms with E-state index in [0.717, 1.165) is 19.8 Å². The van der Waals surface area contributed by atoms with E-state index < -0.39 is 48.0 Å². The summed E-state index contributed by atoms with van der Waals surface area (Å²) in [5.41, 5.74) is 0.850. The molecule has 9 nitrogen and oxygen atoms in total. The van der Waals surface area contributed by atoms with E-state index in [1.807, 2.05) is 44.2 Å². The van der Waals surface area contributed by atoms with Crippen LogP contribution in [0.1, 0.15) is 32.3 Å². The third kappa shape index (κ3) is 6.70. The van der Waals surface area contributed by atoms with Crippen LogP contribution in [0.4, 0.5) is 4.79 Å². The van der Waals surface area contributed by atoms with Gasteiger partial charge in [0.2, 0.25) is 0 Å². The second kappa shape index (κ2) is 11.3. The van der Waals surface area contributed by atoms with Crippen LogP contribution in [0.25, 0.3) is 0 Å². The number of carbonyl (C=O) groups is 4. The molecule has 3 atom stereocenters. The first kappa shape index (κ1) is 24.2. The van der Waals surface area contributed by atoms with Gasteiger partial charge in [0.15, 0.2) is 5.92 Å². The number of esters is 3. The zero-order chi connectivity index (χ0) is 23.0. The molecule has 31 heavy (non-hydrogen) atoms. The third-order valence-electron chi connectivity index (χ3n) is 5.23. The summed E-state index contributed by atoms with van der Waals surface area (Å²) in [7, 11) is 2.32. The minimum absolute atomic E-state index is 0.0576. The Balaban J connectivity index is 1.99. The number of amides is 1. The summed E-state index contributed by atoms with van der Waals surface area (Å²) >= 11 is 0. The number of nitrogens with one attached hydrogen (secondary N) is 1. The number of benzene rings is 1. The minimum atomic E-state index is -1.22. The van der Waals surface area contributed by atoms with Crippen molar-refractivity contribution in [3.05, 3.63) is 35.9 Å². The maximum atomic E-state index is 12.4. The molecule has 0 spiro atoms. The van der Waals surface area contributed by atoms with Crippen LogP contribution in [0, 0.1) is 17.8 Å². The quantitative estimate of drug-likeness (QED) is 0.356. The molecular weight excluding hydrogens is 406 g/mol. The highest BCUT2D eigenvalue weighted by molar-refractivity contribution is 5.95. The summed E-state index contributed by atoms with van der Waals surface area (Å²) in [5, 5.41) is 2.77. The standard InChI is InChI=1S/C22H29NO8/c1-13(2)18(23-22(27)30-12-14-8-6-5-7-9-14)17-11-15(19(24)31-17)10-16(20(25)28-3)21(26)29-4/h5-9,13,15-18H,10-12H2,1-4H3,(H,23,27)/t15-,17+,18+/m1/s1. The van der Waals surface area contributed by atoms with Gasteiger partial charge in [0.25, 0.3) is 0 Å². The molecule has 1 N–H and O–H groups in total. The van der Waals surface area contributed by atoms with Crippen molar-refractivity contribution in [2.75, 3.05) is 14.2 Å². The Morgan fingerprint density at radius 3 is 2.26 bits per heavy atom. The van der Waals surface area contributed by atoms with Gasteiger partial charge in [0.1, 0.15) is 12.7 Å². The van der Waals surface area contributed by atoms with Crippen LogP contribution in [0.15, 0.2) is 30.3 Å². The fraction of sp³-hybridized carbons (Fsp3) is 0.545. The summed E-state index contributed by atoms with van der Waals surface area (Å²) in [5.74, 6) is -4.05. The summed E-state index contributed by atoms with van der Waals surface area (Å²) in [6.07, 6.45) is -1.08. The SMILES string of the molecule is COC(=O)C(C[C@@H]1C[C@@H]([C@@H](NC(=O)OCc2ccccc2)C(C)C)OC1=O)C(=O)OC. The highest BCUT2D eigenvalue weighted by Crippen LogP contribution is 2.31. The number of methoxy groups -OCH3 is 2. The van der Waals surface area contributed by atoms with Crippen molar-refractivity contribution in [2.45, 2.75) is 45.4 Å². The summed E-state index contributed by atoms with van der Waals surface area (Å²) in [6, 6.07) is 8.76. The van der Waals surface area contributed by atoms with Crippen LogP contribution < -0.4 is 5.32 Å². The fourth-order valence-electron chi connectivity index (χ4n) is 3.53.